The molecular weight excluding hydrogens is 314 g/mol. The third-order valence-electron chi connectivity index (χ3n) is 5.80. The molecule has 0 aromatic carbocycles. The Labute approximate surface area is 151 Å². The lowest BCUT2D eigenvalue weighted by molar-refractivity contribution is 0.0898. The van der Waals surface area contributed by atoms with Gasteiger partial charge in [0.2, 0.25) is 0 Å². The molecule has 1 N–H and O–H groups in total. The molecule has 1 aromatic heterocycles. The van der Waals surface area contributed by atoms with Crippen molar-refractivity contribution in [2.24, 2.45) is 5.92 Å². The van der Waals surface area contributed by atoms with E-state index in [0.717, 1.165) is 31.8 Å². The van der Waals surface area contributed by atoms with E-state index in [2.05, 4.69) is 15.4 Å². The van der Waals surface area contributed by atoms with Crippen molar-refractivity contribution in [1.82, 2.24) is 15.4 Å². The van der Waals surface area contributed by atoms with Crippen LogP contribution in [0, 0.1) is 12.8 Å². The number of nitrogens with zero attached hydrogens (tertiary/aromatic N) is 2. The van der Waals surface area contributed by atoms with Crippen molar-refractivity contribution in [3.8, 4) is 0 Å². The van der Waals surface area contributed by atoms with Gasteiger partial charge >= 0.3 is 0 Å². The number of amides is 1. The van der Waals surface area contributed by atoms with Gasteiger partial charge in [0.15, 0.2) is 5.76 Å². The van der Waals surface area contributed by atoms with Gasteiger partial charge in [-0.1, -0.05) is 38.3 Å². The van der Waals surface area contributed by atoms with Crippen LogP contribution in [0.3, 0.4) is 0 Å². The molecule has 0 unspecified atom stereocenters. The van der Waals surface area contributed by atoms with E-state index in [1.165, 1.54) is 38.6 Å². The predicted octanol–water partition coefficient (Wildman–Crippen LogP) is 3.88. The molecular formula is C20H33N3O2. The van der Waals surface area contributed by atoms with Crippen LogP contribution >= 0.6 is 0 Å². The molecule has 1 aliphatic carbocycles. The first kappa shape index (κ1) is 18.4. The van der Waals surface area contributed by atoms with Gasteiger partial charge in [-0.3, -0.25) is 4.79 Å². The third-order valence-corrected chi connectivity index (χ3v) is 5.80. The molecule has 1 aromatic rings. The minimum Gasteiger partial charge on any atom is -0.360 e. The van der Waals surface area contributed by atoms with Crippen LogP contribution in [0.2, 0.25) is 0 Å². The number of hydrogen-bond acceptors (Lipinski definition) is 4. The summed E-state index contributed by atoms with van der Waals surface area (Å²) in [6.45, 7) is 9.35. The highest BCUT2D eigenvalue weighted by Crippen LogP contribution is 2.26. The summed E-state index contributed by atoms with van der Waals surface area (Å²) < 4.78 is 5.35. The Morgan fingerprint density at radius 1 is 1.20 bits per heavy atom. The second-order valence-corrected chi connectivity index (χ2v) is 8.21. The highest BCUT2D eigenvalue weighted by molar-refractivity contribution is 5.96. The zero-order valence-electron chi connectivity index (χ0n) is 16.0. The van der Waals surface area contributed by atoms with E-state index < -0.39 is 0 Å². The van der Waals surface area contributed by atoms with Crippen molar-refractivity contribution in [2.45, 2.75) is 77.7 Å². The number of piperidine rings is 1. The van der Waals surface area contributed by atoms with Crippen LogP contribution in [-0.2, 0) is 0 Å². The van der Waals surface area contributed by atoms with Crippen molar-refractivity contribution < 1.29 is 9.32 Å². The highest BCUT2D eigenvalue weighted by atomic mass is 16.5. The van der Waals surface area contributed by atoms with E-state index in [4.69, 9.17) is 4.52 Å². The Hall–Kier alpha value is -1.36. The number of aryl methyl sites for hydroxylation is 1. The zero-order chi connectivity index (χ0) is 17.8. The number of hydrogen-bond donors (Lipinski definition) is 1. The summed E-state index contributed by atoms with van der Waals surface area (Å²) >= 11 is 0. The Bertz CT molecular complexity index is 567. The molecule has 25 heavy (non-hydrogen) atoms. The van der Waals surface area contributed by atoms with Crippen LogP contribution in [0.4, 0.5) is 0 Å². The summed E-state index contributed by atoms with van der Waals surface area (Å²) in [4.78, 5) is 15.3. The van der Waals surface area contributed by atoms with Crippen molar-refractivity contribution in [2.75, 3.05) is 19.6 Å². The maximum absolute atomic E-state index is 12.7. The maximum atomic E-state index is 12.7. The Kier molecular flexibility index (Phi) is 6.15. The molecule has 1 amide bonds. The molecule has 1 saturated carbocycles. The molecule has 2 heterocycles. The Morgan fingerprint density at radius 3 is 2.52 bits per heavy atom. The lowest BCUT2D eigenvalue weighted by Crippen LogP contribution is -2.46. The second kappa shape index (κ2) is 8.35. The summed E-state index contributed by atoms with van der Waals surface area (Å²) in [7, 11) is 0. The monoisotopic (exact) mass is 347 g/mol. The van der Waals surface area contributed by atoms with Crippen LogP contribution in [0.25, 0.3) is 0 Å². The fourth-order valence-corrected chi connectivity index (χ4v) is 4.31. The highest BCUT2D eigenvalue weighted by Gasteiger charge is 2.27. The number of aromatic nitrogens is 1. The van der Waals surface area contributed by atoms with Gasteiger partial charge in [-0.2, -0.15) is 0 Å². The van der Waals surface area contributed by atoms with Crippen LogP contribution in [0.1, 0.15) is 86.5 Å². The fourth-order valence-electron chi connectivity index (χ4n) is 4.31. The average Bonchev–Trinajstić information content (AvgIpc) is 2.99. The van der Waals surface area contributed by atoms with Gasteiger partial charge in [-0.15, -0.1) is 0 Å². The molecule has 0 atom stereocenters. The maximum Gasteiger partial charge on any atom is 0.257 e. The van der Waals surface area contributed by atoms with E-state index in [-0.39, 0.29) is 17.9 Å². The molecule has 0 spiro atoms. The third kappa shape index (κ3) is 4.63. The number of carbonyl (C=O) groups excluding carboxylic acids is 1. The predicted molar refractivity (Wildman–Crippen MR) is 98.8 cm³/mol. The van der Waals surface area contributed by atoms with Gasteiger partial charge in [0.1, 0.15) is 5.56 Å². The topological polar surface area (TPSA) is 58.4 Å². The molecule has 1 saturated heterocycles. The molecule has 0 bridgehead atoms. The number of likely N-dealkylation sites (tertiary alicyclic amines) is 1. The van der Waals surface area contributed by atoms with Gasteiger partial charge in [-0.05, 0) is 38.5 Å². The van der Waals surface area contributed by atoms with E-state index in [1.54, 1.807) is 0 Å². The second-order valence-electron chi connectivity index (χ2n) is 8.21. The minimum atomic E-state index is -0.0202. The Morgan fingerprint density at radius 2 is 1.88 bits per heavy atom. The standard InChI is InChI=1S/C20H33N3O2/c1-14(2)19-18(15(3)22-25-19)20(24)21-17-9-11-23(12-10-17)13-16-7-5-4-6-8-16/h14,16-17H,4-13H2,1-3H3,(H,21,24). The van der Waals surface area contributed by atoms with Crippen molar-refractivity contribution in [3.63, 3.8) is 0 Å². The largest absolute Gasteiger partial charge is 0.360 e. The molecule has 140 valence electrons. The molecule has 5 heteroatoms. The molecule has 3 rings (SSSR count). The molecule has 2 fully saturated rings. The van der Waals surface area contributed by atoms with E-state index in [1.807, 2.05) is 20.8 Å². The van der Waals surface area contributed by atoms with Crippen LogP contribution in [-0.4, -0.2) is 41.6 Å². The van der Waals surface area contributed by atoms with Crippen molar-refractivity contribution >= 4 is 5.91 Å². The molecule has 0 radical (unpaired) electrons. The summed E-state index contributed by atoms with van der Waals surface area (Å²) in [5, 5.41) is 7.20. The van der Waals surface area contributed by atoms with E-state index in [9.17, 15) is 4.79 Å². The molecule has 2 aliphatic rings. The molecule has 1 aliphatic heterocycles. The first-order valence-corrected chi connectivity index (χ1v) is 10.0. The number of carbonyl (C=O) groups is 1. The SMILES string of the molecule is Cc1noc(C(C)C)c1C(=O)NC1CCN(CC2CCCCC2)CC1. The van der Waals surface area contributed by atoms with E-state index >= 15 is 0 Å². The van der Waals surface area contributed by atoms with Gasteiger partial charge in [0.25, 0.3) is 5.91 Å². The summed E-state index contributed by atoms with van der Waals surface area (Å²) in [6, 6.07) is 0.268. The van der Waals surface area contributed by atoms with Crippen LogP contribution in [0.5, 0.6) is 0 Å². The minimum absolute atomic E-state index is 0.0202. The van der Waals surface area contributed by atoms with Crippen molar-refractivity contribution in [3.05, 3.63) is 17.0 Å². The fraction of sp³-hybridized carbons (Fsp3) is 0.800. The lowest BCUT2D eigenvalue weighted by atomic mass is 9.88. The Balaban J connectivity index is 1.49. The van der Waals surface area contributed by atoms with Crippen molar-refractivity contribution in [1.29, 1.82) is 0 Å². The van der Waals surface area contributed by atoms with Gasteiger partial charge in [0, 0.05) is 31.6 Å². The first-order chi connectivity index (χ1) is 12.0. The zero-order valence-corrected chi connectivity index (χ0v) is 16.0. The van der Waals surface area contributed by atoms with E-state index in [0.29, 0.717) is 17.0 Å². The van der Waals surface area contributed by atoms with Crippen LogP contribution in [0.15, 0.2) is 4.52 Å². The van der Waals surface area contributed by atoms with Gasteiger partial charge in [0.05, 0.1) is 5.69 Å². The van der Waals surface area contributed by atoms with Crippen LogP contribution < -0.4 is 5.32 Å². The average molecular weight is 348 g/mol. The summed E-state index contributed by atoms with van der Waals surface area (Å²) in [5.41, 5.74) is 1.33. The quantitative estimate of drug-likeness (QED) is 0.878. The molecule has 5 nitrogen and oxygen atoms in total. The smallest absolute Gasteiger partial charge is 0.257 e. The summed E-state index contributed by atoms with van der Waals surface area (Å²) in [6.07, 6.45) is 9.13. The van der Waals surface area contributed by atoms with Gasteiger partial charge < -0.3 is 14.7 Å². The first-order valence-electron chi connectivity index (χ1n) is 10.0. The summed E-state index contributed by atoms with van der Waals surface area (Å²) in [5.74, 6) is 1.74. The normalized spacial score (nSPS) is 21.0. The van der Waals surface area contributed by atoms with Gasteiger partial charge in [-0.25, -0.2) is 0 Å². The number of nitrogens with one attached hydrogen (secondary N) is 1. The lowest BCUT2D eigenvalue weighted by Gasteiger charge is -2.35. The number of rotatable bonds is 5.